The predicted octanol–water partition coefficient (Wildman–Crippen LogP) is 3.99. The van der Waals surface area contributed by atoms with Crippen molar-refractivity contribution >= 4 is 0 Å². The summed E-state index contributed by atoms with van der Waals surface area (Å²) >= 11 is 0. The first-order valence-electron chi connectivity index (χ1n) is 7.71. The molecule has 2 heteroatoms. The van der Waals surface area contributed by atoms with Crippen LogP contribution in [0.25, 0.3) is 0 Å². The summed E-state index contributed by atoms with van der Waals surface area (Å²) < 4.78 is 6.48. The van der Waals surface area contributed by atoms with Gasteiger partial charge in [-0.1, -0.05) is 31.5 Å². The molecule has 2 atom stereocenters. The van der Waals surface area contributed by atoms with Gasteiger partial charge in [-0.3, -0.25) is 0 Å². The molecule has 2 nitrogen and oxygen atoms in total. The molecule has 0 bridgehead atoms. The molecular formula is C17H25NO. The van der Waals surface area contributed by atoms with Crippen molar-refractivity contribution in [2.24, 2.45) is 5.92 Å². The molecule has 2 aliphatic rings. The molecule has 1 N–H and O–H groups in total. The first-order chi connectivity index (χ1) is 9.18. The molecule has 1 aromatic carbocycles. The van der Waals surface area contributed by atoms with E-state index in [0.717, 1.165) is 31.1 Å². The molecule has 19 heavy (non-hydrogen) atoms. The molecular weight excluding hydrogens is 234 g/mol. The molecule has 0 aromatic heterocycles. The van der Waals surface area contributed by atoms with Gasteiger partial charge in [-0.15, -0.1) is 0 Å². The van der Waals surface area contributed by atoms with Gasteiger partial charge in [0.05, 0.1) is 0 Å². The number of ether oxygens (including phenoxy) is 1. The molecule has 2 unspecified atom stereocenters. The van der Waals surface area contributed by atoms with E-state index in [-0.39, 0.29) is 5.60 Å². The molecule has 1 aromatic rings. The first kappa shape index (κ1) is 13.0. The lowest BCUT2D eigenvalue weighted by Crippen LogP contribution is -2.45. The Hall–Kier alpha value is -1.02. The SMILES string of the molecule is CCNC1CC(CC)(C2CC2)Oc2ccc(C)cc21. The minimum atomic E-state index is 0.0785. The highest BCUT2D eigenvalue weighted by atomic mass is 16.5. The van der Waals surface area contributed by atoms with E-state index in [4.69, 9.17) is 4.74 Å². The summed E-state index contributed by atoms with van der Waals surface area (Å²) in [5.41, 5.74) is 2.75. The smallest absolute Gasteiger partial charge is 0.124 e. The van der Waals surface area contributed by atoms with Crippen molar-refractivity contribution in [1.29, 1.82) is 0 Å². The van der Waals surface area contributed by atoms with Gasteiger partial charge in [0.25, 0.3) is 0 Å². The molecule has 1 heterocycles. The number of fused-ring (bicyclic) bond motifs is 1. The molecule has 0 spiro atoms. The van der Waals surface area contributed by atoms with Crippen LogP contribution in [0.1, 0.15) is 56.7 Å². The van der Waals surface area contributed by atoms with E-state index in [1.807, 2.05) is 0 Å². The average molecular weight is 259 g/mol. The first-order valence-corrected chi connectivity index (χ1v) is 7.71. The predicted molar refractivity (Wildman–Crippen MR) is 78.6 cm³/mol. The average Bonchev–Trinajstić information content (AvgIpc) is 3.24. The largest absolute Gasteiger partial charge is 0.487 e. The van der Waals surface area contributed by atoms with Gasteiger partial charge in [-0.05, 0) is 44.7 Å². The van der Waals surface area contributed by atoms with Crippen molar-refractivity contribution < 1.29 is 4.74 Å². The van der Waals surface area contributed by atoms with E-state index in [9.17, 15) is 0 Å². The highest BCUT2D eigenvalue weighted by Crippen LogP contribution is 2.52. The third-order valence-electron chi connectivity index (χ3n) is 4.77. The van der Waals surface area contributed by atoms with E-state index in [0.29, 0.717) is 6.04 Å². The summed E-state index contributed by atoms with van der Waals surface area (Å²) in [5, 5.41) is 3.66. The lowest BCUT2D eigenvalue weighted by molar-refractivity contribution is 0.00590. The van der Waals surface area contributed by atoms with Gasteiger partial charge in [-0.25, -0.2) is 0 Å². The normalized spacial score (nSPS) is 29.7. The Bertz CT molecular complexity index is 466. The third-order valence-corrected chi connectivity index (χ3v) is 4.77. The highest BCUT2D eigenvalue weighted by molar-refractivity contribution is 5.42. The van der Waals surface area contributed by atoms with Gasteiger partial charge in [0, 0.05) is 18.0 Å². The van der Waals surface area contributed by atoms with Crippen molar-refractivity contribution in [2.45, 2.75) is 58.1 Å². The molecule has 1 aliphatic carbocycles. The Morgan fingerprint density at radius 3 is 2.74 bits per heavy atom. The van der Waals surface area contributed by atoms with Crippen molar-refractivity contribution in [1.82, 2.24) is 5.32 Å². The van der Waals surface area contributed by atoms with Crippen LogP contribution >= 0.6 is 0 Å². The lowest BCUT2D eigenvalue weighted by Gasteiger charge is -2.42. The van der Waals surface area contributed by atoms with Gasteiger partial charge in [0.15, 0.2) is 0 Å². The quantitative estimate of drug-likeness (QED) is 0.883. The number of aryl methyl sites for hydroxylation is 1. The number of nitrogens with one attached hydrogen (secondary N) is 1. The highest BCUT2D eigenvalue weighted by Gasteiger charge is 2.50. The molecule has 1 aliphatic heterocycles. The van der Waals surface area contributed by atoms with Gasteiger partial charge >= 0.3 is 0 Å². The zero-order valence-corrected chi connectivity index (χ0v) is 12.3. The monoisotopic (exact) mass is 259 g/mol. The van der Waals surface area contributed by atoms with Gasteiger partial charge in [0.1, 0.15) is 11.4 Å². The minimum absolute atomic E-state index is 0.0785. The van der Waals surface area contributed by atoms with E-state index >= 15 is 0 Å². The lowest BCUT2D eigenvalue weighted by atomic mass is 9.81. The van der Waals surface area contributed by atoms with Crippen LogP contribution in [0, 0.1) is 12.8 Å². The maximum atomic E-state index is 6.48. The maximum absolute atomic E-state index is 6.48. The van der Waals surface area contributed by atoms with Gasteiger partial charge < -0.3 is 10.1 Å². The van der Waals surface area contributed by atoms with Crippen LogP contribution in [0.4, 0.5) is 0 Å². The molecule has 3 rings (SSSR count). The van der Waals surface area contributed by atoms with Crippen LogP contribution in [0.3, 0.4) is 0 Å². The molecule has 1 saturated carbocycles. The second-order valence-corrected chi connectivity index (χ2v) is 6.15. The minimum Gasteiger partial charge on any atom is -0.487 e. The van der Waals surface area contributed by atoms with Gasteiger partial charge in [0.2, 0.25) is 0 Å². The Morgan fingerprint density at radius 2 is 2.11 bits per heavy atom. The topological polar surface area (TPSA) is 21.3 Å². The third kappa shape index (κ3) is 2.27. The standard InChI is InChI=1S/C17H25NO/c1-4-17(13-7-8-13)11-15(18-5-2)14-10-12(3)6-9-16(14)19-17/h6,9-10,13,15,18H,4-5,7-8,11H2,1-3H3. The van der Waals surface area contributed by atoms with Crippen molar-refractivity contribution in [3.8, 4) is 5.75 Å². The molecule has 0 amide bonds. The van der Waals surface area contributed by atoms with E-state index < -0.39 is 0 Å². The van der Waals surface area contributed by atoms with E-state index in [2.05, 4.69) is 44.3 Å². The zero-order valence-electron chi connectivity index (χ0n) is 12.3. The summed E-state index contributed by atoms with van der Waals surface area (Å²) in [7, 11) is 0. The van der Waals surface area contributed by atoms with Crippen LogP contribution in [0.5, 0.6) is 5.75 Å². The number of hydrogen-bond donors (Lipinski definition) is 1. The maximum Gasteiger partial charge on any atom is 0.124 e. The van der Waals surface area contributed by atoms with Crippen LogP contribution in [0.15, 0.2) is 18.2 Å². The summed E-state index contributed by atoms with van der Waals surface area (Å²) in [5.74, 6) is 1.88. The summed E-state index contributed by atoms with van der Waals surface area (Å²) in [6.07, 6.45) is 4.92. The van der Waals surface area contributed by atoms with Crippen molar-refractivity contribution in [3.05, 3.63) is 29.3 Å². The fourth-order valence-corrected chi connectivity index (χ4v) is 3.54. The number of hydrogen-bond acceptors (Lipinski definition) is 2. The van der Waals surface area contributed by atoms with Crippen molar-refractivity contribution in [3.63, 3.8) is 0 Å². The Labute approximate surface area is 116 Å². The Balaban J connectivity index is 1.98. The fourth-order valence-electron chi connectivity index (χ4n) is 3.54. The summed E-state index contributed by atoms with van der Waals surface area (Å²) in [6, 6.07) is 7.07. The second-order valence-electron chi connectivity index (χ2n) is 6.15. The van der Waals surface area contributed by atoms with Crippen LogP contribution in [-0.4, -0.2) is 12.1 Å². The second kappa shape index (κ2) is 4.82. The molecule has 0 saturated heterocycles. The summed E-state index contributed by atoms with van der Waals surface area (Å²) in [4.78, 5) is 0. The van der Waals surface area contributed by atoms with E-state index in [1.54, 1.807) is 0 Å². The van der Waals surface area contributed by atoms with E-state index in [1.165, 1.54) is 24.0 Å². The molecule has 1 fully saturated rings. The van der Waals surface area contributed by atoms with Crippen LogP contribution in [-0.2, 0) is 0 Å². The molecule has 0 radical (unpaired) electrons. The zero-order chi connectivity index (χ0) is 13.5. The number of benzene rings is 1. The van der Waals surface area contributed by atoms with Crippen LogP contribution < -0.4 is 10.1 Å². The van der Waals surface area contributed by atoms with Gasteiger partial charge in [-0.2, -0.15) is 0 Å². The summed E-state index contributed by atoms with van der Waals surface area (Å²) in [6.45, 7) is 7.64. The Morgan fingerprint density at radius 1 is 1.32 bits per heavy atom. The number of rotatable bonds is 4. The van der Waals surface area contributed by atoms with Crippen LogP contribution in [0.2, 0.25) is 0 Å². The van der Waals surface area contributed by atoms with Crippen molar-refractivity contribution in [2.75, 3.05) is 6.54 Å². The molecule has 104 valence electrons. The Kier molecular flexibility index (Phi) is 3.30. The fraction of sp³-hybridized carbons (Fsp3) is 0.647.